The van der Waals surface area contributed by atoms with Crippen LogP contribution in [0.25, 0.3) is 12.2 Å². The topological polar surface area (TPSA) is 67.3 Å². The molecule has 1 aliphatic rings. The molecule has 0 radical (unpaired) electrons. The number of pyridine rings is 1. The third-order valence-corrected chi connectivity index (χ3v) is 6.28. The summed E-state index contributed by atoms with van der Waals surface area (Å²) in [5.41, 5.74) is 1.93. The van der Waals surface area contributed by atoms with Crippen molar-refractivity contribution in [2.24, 2.45) is 0 Å². The van der Waals surface area contributed by atoms with Crippen molar-refractivity contribution in [2.45, 2.75) is 45.1 Å². The second-order valence-corrected chi connectivity index (χ2v) is 10.2. The van der Waals surface area contributed by atoms with E-state index in [-0.39, 0.29) is 6.09 Å². The number of anilines is 2. The Morgan fingerprint density at radius 1 is 1.12 bits per heavy atom. The van der Waals surface area contributed by atoms with Gasteiger partial charge in [-0.1, -0.05) is 47.7 Å². The van der Waals surface area contributed by atoms with Gasteiger partial charge >= 0.3 is 6.09 Å². The van der Waals surface area contributed by atoms with Crippen LogP contribution in [0.2, 0.25) is 0 Å². The van der Waals surface area contributed by atoms with Gasteiger partial charge in [-0.3, -0.25) is 0 Å². The van der Waals surface area contributed by atoms with E-state index in [9.17, 15) is 4.79 Å². The molecule has 1 aliphatic heterocycles. The van der Waals surface area contributed by atoms with Gasteiger partial charge in [0.15, 0.2) is 5.13 Å². The van der Waals surface area contributed by atoms with E-state index < -0.39 is 5.60 Å². The van der Waals surface area contributed by atoms with Crippen molar-refractivity contribution >= 4 is 40.5 Å². The second-order valence-electron chi connectivity index (χ2n) is 9.15. The Morgan fingerprint density at radius 2 is 1.88 bits per heavy atom. The number of piperidine rings is 1. The molecule has 4 rings (SSSR count). The third kappa shape index (κ3) is 6.65. The second kappa shape index (κ2) is 10.2. The zero-order valence-corrected chi connectivity index (χ0v) is 20.1. The number of benzene rings is 1. The Bertz CT molecular complexity index is 1100. The molecule has 0 saturated carbocycles. The average Bonchev–Trinajstić information content (AvgIpc) is 3.25. The van der Waals surface area contributed by atoms with Gasteiger partial charge in [0.1, 0.15) is 11.4 Å². The molecule has 0 spiro atoms. The van der Waals surface area contributed by atoms with E-state index in [1.54, 1.807) is 11.3 Å². The molecule has 0 aliphatic carbocycles. The molecule has 0 bridgehead atoms. The number of carbonyl (C=O) groups is 1. The van der Waals surface area contributed by atoms with Gasteiger partial charge in [-0.25, -0.2) is 14.8 Å². The van der Waals surface area contributed by atoms with Crippen molar-refractivity contribution < 1.29 is 9.53 Å². The summed E-state index contributed by atoms with van der Waals surface area (Å²) in [6, 6.07) is 14.4. The first-order valence-electron chi connectivity index (χ1n) is 11.3. The highest BCUT2D eigenvalue weighted by Crippen LogP contribution is 2.31. The van der Waals surface area contributed by atoms with Gasteiger partial charge < -0.3 is 15.0 Å². The summed E-state index contributed by atoms with van der Waals surface area (Å²) in [7, 11) is 0. The minimum Gasteiger partial charge on any atom is -0.444 e. The number of rotatable bonds is 5. The lowest BCUT2D eigenvalue weighted by atomic mass is 9.90. The maximum Gasteiger partial charge on any atom is 0.410 e. The number of aromatic nitrogens is 2. The first kappa shape index (κ1) is 23.0. The molecule has 3 aromatic rings. The van der Waals surface area contributed by atoms with Crippen LogP contribution in [0.3, 0.4) is 0 Å². The highest BCUT2D eigenvalue weighted by atomic mass is 32.1. The molecule has 6 nitrogen and oxygen atoms in total. The average molecular weight is 463 g/mol. The maximum absolute atomic E-state index is 12.3. The molecule has 0 unspecified atom stereocenters. The fourth-order valence-corrected chi connectivity index (χ4v) is 4.49. The first-order chi connectivity index (χ1) is 15.9. The fourth-order valence-electron chi connectivity index (χ4n) is 3.76. The summed E-state index contributed by atoms with van der Waals surface area (Å²) in [4.78, 5) is 24.2. The van der Waals surface area contributed by atoms with Gasteiger partial charge in [-0.2, -0.15) is 0 Å². The summed E-state index contributed by atoms with van der Waals surface area (Å²) >= 11 is 1.59. The lowest BCUT2D eigenvalue weighted by Crippen LogP contribution is -2.41. The predicted octanol–water partition coefficient (Wildman–Crippen LogP) is 6.57. The molecule has 1 saturated heterocycles. The van der Waals surface area contributed by atoms with Crippen molar-refractivity contribution in [3.63, 3.8) is 0 Å². The fraction of sp³-hybridized carbons (Fsp3) is 0.346. The Kier molecular flexibility index (Phi) is 7.08. The number of thiazole rings is 1. The number of ether oxygens (including phenoxy) is 1. The minimum absolute atomic E-state index is 0.223. The van der Waals surface area contributed by atoms with Gasteiger partial charge in [0.25, 0.3) is 0 Å². The van der Waals surface area contributed by atoms with E-state index in [0.717, 1.165) is 34.2 Å². The Morgan fingerprint density at radius 3 is 2.61 bits per heavy atom. The molecule has 172 valence electrons. The van der Waals surface area contributed by atoms with Crippen LogP contribution in [0.1, 0.15) is 55.5 Å². The maximum atomic E-state index is 12.3. The SMILES string of the molecule is CC(C)(C)OC(=O)N1CCC(c2ccnc(Nc3ncc(C=Cc4ccccc4)s3)c2)CC1. The van der Waals surface area contributed by atoms with Gasteiger partial charge in [-0.15, -0.1) is 0 Å². The molecular weight excluding hydrogens is 432 g/mol. The standard InChI is InChI=1S/C26H30N4O2S/c1-26(2,3)32-25(31)30-15-12-20(13-16-30)21-11-14-27-23(17-21)29-24-28-18-22(33-24)10-9-19-7-5-4-6-8-19/h4-11,14,17-18,20H,12-13,15-16H2,1-3H3,(H,27,28,29). The quantitative estimate of drug-likeness (QED) is 0.465. The van der Waals surface area contributed by atoms with E-state index in [4.69, 9.17) is 4.74 Å². The number of nitrogens with one attached hydrogen (secondary N) is 1. The smallest absolute Gasteiger partial charge is 0.410 e. The Balaban J connectivity index is 1.34. The Labute approximate surface area is 199 Å². The molecule has 33 heavy (non-hydrogen) atoms. The summed E-state index contributed by atoms with van der Waals surface area (Å²) in [5.74, 6) is 1.18. The van der Waals surface area contributed by atoms with E-state index in [0.29, 0.717) is 19.0 Å². The summed E-state index contributed by atoms with van der Waals surface area (Å²) in [6.45, 7) is 7.10. The summed E-state index contributed by atoms with van der Waals surface area (Å²) in [6.07, 6.45) is 9.45. The number of hydrogen-bond donors (Lipinski definition) is 1. The first-order valence-corrected chi connectivity index (χ1v) is 12.1. The molecule has 7 heteroatoms. The van der Waals surface area contributed by atoms with Crippen molar-refractivity contribution in [3.8, 4) is 0 Å². The molecule has 3 heterocycles. The van der Waals surface area contributed by atoms with Crippen LogP contribution >= 0.6 is 11.3 Å². The van der Waals surface area contributed by atoms with E-state index in [1.165, 1.54) is 5.56 Å². The highest BCUT2D eigenvalue weighted by molar-refractivity contribution is 7.16. The van der Waals surface area contributed by atoms with Crippen LogP contribution in [0, 0.1) is 0 Å². The van der Waals surface area contributed by atoms with E-state index in [2.05, 4.69) is 51.7 Å². The van der Waals surface area contributed by atoms with Crippen LogP contribution < -0.4 is 5.32 Å². The number of nitrogens with zero attached hydrogens (tertiary/aromatic N) is 3. The van der Waals surface area contributed by atoms with Crippen molar-refractivity contribution in [2.75, 3.05) is 18.4 Å². The van der Waals surface area contributed by atoms with Crippen molar-refractivity contribution in [1.29, 1.82) is 0 Å². The third-order valence-electron chi connectivity index (χ3n) is 5.40. The van der Waals surface area contributed by atoms with Crippen LogP contribution in [0.4, 0.5) is 15.7 Å². The largest absolute Gasteiger partial charge is 0.444 e. The van der Waals surface area contributed by atoms with Gasteiger partial charge in [0, 0.05) is 30.4 Å². The normalized spacial score (nSPS) is 15.1. The Hall–Kier alpha value is -3.19. The van der Waals surface area contributed by atoms with Crippen LogP contribution in [-0.4, -0.2) is 39.7 Å². The van der Waals surface area contributed by atoms with E-state index in [1.807, 2.05) is 56.3 Å². The van der Waals surface area contributed by atoms with Crippen LogP contribution in [-0.2, 0) is 4.74 Å². The minimum atomic E-state index is -0.466. The van der Waals surface area contributed by atoms with Crippen molar-refractivity contribution in [1.82, 2.24) is 14.9 Å². The van der Waals surface area contributed by atoms with Gasteiger partial charge in [0.05, 0.1) is 0 Å². The molecule has 1 N–H and O–H groups in total. The molecule has 0 atom stereocenters. The summed E-state index contributed by atoms with van der Waals surface area (Å²) < 4.78 is 5.50. The molecule has 1 amide bonds. The zero-order chi connectivity index (χ0) is 23.3. The predicted molar refractivity (Wildman–Crippen MR) is 135 cm³/mol. The molecule has 1 aromatic carbocycles. The molecule has 1 fully saturated rings. The lowest BCUT2D eigenvalue weighted by Gasteiger charge is -2.33. The number of likely N-dealkylation sites (tertiary alicyclic amines) is 1. The number of carbonyl (C=O) groups excluding carboxylic acids is 1. The number of hydrogen-bond acceptors (Lipinski definition) is 6. The van der Waals surface area contributed by atoms with Crippen molar-refractivity contribution in [3.05, 3.63) is 70.9 Å². The van der Waals surface area contributed by atoms with Gasteiger partial charge in [-0.05, 0) is 68.9 Å². The lowest BCUT2D eigenvalue weighted by molar-refractivity contribution is 0.0205. The molecule has 2 aromatic heterocycles. The highest BCUT2D eigenvalue weighted by Gasteiger charge is 2.27. The monoisotopic (exact) mass is 462 g/mol. The number of amides is 1. The van der Waals surface area contributed by atoms with Crippen LogP contribution in [0.15, 0.2) is 54.9 Å². The summed E-state index contributed by atoms with van der Waals surface area (Å²) in [5, 5.41) is 4.14. The molecular formula is C26H30N4O2S. The zero-order valence-electron chi connectivity index (χ0n) is 19.3. The van der Waals surface area contributed by atoms with Gasteiger partial charge in [0.2, 0.25) is 0 Å². The van der Waals surface area contributed by atoms with E-state index >= 15 is 0 Å². The van der Waals surface area contributed by atoms with Crippen LogP contribution in [0.5, 0.6) is 0 Å².